The van der Waals surface area contributed by atoms with E-state index in [0.717, 1.165) is 12.8 Å². The fourth-order valence-corrected chi connectivity index (χ4v) is 3.67. The van der Waals surface area contributed by atoms with Gasteiger partial charge in [0.25, 0.3) is 0 Å². The molecule has 1 aromatic heterocycles. The van der Waals surface area contributed by atoms with Crippen molar-refractivity contribution in [2.24, 2.45) is 0 Å². The number of aryl methyl sites for hydroxylation is 1. The molecule has 0 saturated carbocycles. The zero-order valence-corrected chi connectivity index (χ0v) is 15.3. The van der Waals surface area contributed by atoms with Gasteiger partial charge in [-0.05, 0) is 36.8 Å². The molecule has 1 aromatic carbocycles. The molecule has 3 rings (SSSR count). The number of piperidine rings is 1. The number of benzene rings is 1. The van der Waals surface area contributed by atoms with E-state index in [1.807, 2.05) is 17.0 Å². The quantitative estimate of drug-likeness (QED) is 0.893. The minimum Gasteiger partial charge on any atom is -0.478 e. The lowest BCUT2D eigenvalue weighted by molar-refractivity contribution is -0.132. The van der Waals surface area contributed by atoms with E-state index in [1.165, 1.54) is 17.3 Å². The van der Waals surface area contributed by atoms with Crippen molar-refractivity contribution < 1.29 is 14.7 Å². The van der Waals surface area contributed by atoms with Gasteiger partial charge in [0.05, 0.1) is 17.8 Å². The number of carboxylic acid groups (broad SMARTS) is 1. The van der Waals surface area contributed by atoms with Gasteiger partial charge >= 0.3 is 5.97 Å². The average molecular weight is 355 g/mol. The molecule has 138 valence electrons. The van der Waals surface area contributed by atoms with E-state index in [-0.39, 0.29) is 23.4 Å². The van der Waals surface area contributed by atoms with Gasteiger partial charge in [-0.25, -0.2) is 4.79 Å². The molecule has 1 aliphatic heterocycles. The standard InChI is InChI=1S/C20H25N3O3/c1-14-5-3-4-6-18(14)15(2)11-19(24)22-9-7-17(8-10-22)23-13-16(12-21-23)20(25)26/h3-6,12-13,15,17H,7-11H2,1-2H3,(H,25,26). The first-order valence-electron chi connectivity index (χ1n) is 9.06. The highest BCUT2D eigenvalue weighted by Gasteiger charge is 2.26. The largest absolute Gasteiger partial charge is 0.478 e. The van der Waals surface area contributed by atoms with Crippen molar-refractivity contribution >= 4 is 11.9 Å². The molecule has 26 heavy (non-hydrogen) atoms. The Morgan fingerprint density at radius 3 is 2.58 bits per heavy atom. The Balaban J connectivity index is 1.55. The number of likely N-dealkylation sites (tertiary alicyclic amines) is 1. The number of nitrogens with zero attached hydrogens (tertiary/aromatic N) is 3. The Kier molecular flexibility index (Phi) is 5.40. The van der Waals surface area contributed by atoms with Gasteiger partial charge in [0.1, 0.15) is 0 Å². The third-order valence-corrected chi connectivity index (χ3v) is 5.24. The lowest BCUT2D eigenvalue weighted by Crippen LogP contribution is -2.39. The predicted molar refractivity (Wildman–Crippen MR) is 98.2 cm³/mol. The van der Waals surface area contributed by atoms with Gasteiger partial charge in [-0.15, -0.1) is 0 Å². The van der Waals surface area contributed by atoms with Crippen LogP contribution in [0.25, 0.3) is 0 Å². The van der Waals surface area contributed by atoms with Crippen LogP contribution >= 0.6 is 0 Å². The van der Waals surface area contributed by atoms with Crippen molar-refractivity contribution in [3.63, 3.8) is 0 Å². The molecule has 0 spiro atoms. The molecule has 1 amide bonds. The molecule has 6 heteroatoms. The summed E-state index contributed by atoms with van der Waals surface area (Å²) >= 11 is 0. The van der Waals surface area contributed by atoms with E-state index in [1.54, 1.807) is 10.9 Å². The van der Waals surface area contributed by atoms with E-state index >= 15 is 0 Å². The topological polar surface area (TPSA) is 75.4 Å². The molecule has 0 aliphatic carbocycles. The van der Waals surface area contributed by atoms with Crippen LogP contribution in [0.4, 0.5) is 0 Å². The summed E-state index contributed by atoms with van der Waals surface area (Å²) in [5.74, 6) is -0.578. The summed E-state index contributed by atoms with van der Waals surface area (Å²) in [6.45, 7) is 5.56. The molecule has 1 fully saturated rings. The van der Waals surface area contributed by atoms with Crippen molar-refractivity contribution in [1.82, 2.24) is 14.7 Å². The lowest BCUT2D eigenvalue weighted by Gasteiger charge is -2.33. The van der Waals surface area contributed by atoms with Crippen LogP contribution in [0.15, 0.2) is 36.7 Å². The number of carboxylic acids is 1. The third kappa shape index (κ3) is 3.95. The van der Waals surface area contributed by atoms with Gasteiger partial charge in [0.15, 0.2) is 0 Å². The number of amides is 1. The second kappa shape index (κ2) is 7.72. The molecule has 1 N–H and O–H groups in total. The first-order chi connectivity index (χ1) is 12.5. The molecule has 0 radical (unpaired) electrons. The fourth-order valence-electron chi connectivity index (χ4n) is 3.67. The first kappa shape index (κ1) is 18.2. The highest BCUT2D eigenvalue weighted by atomic mass is 16.4. The molecule has 2 heterocycles. The maximum absolute atomic E-state index is 12.7. The number of aromatic carboxylic acids is 1. The Labute approximate surface area is 153 Å². The highest BCUT2D eigenvalue weighted by Crippen LogP contribution is 2.26. The van der Waals surface area contributed by atoms with Crippen LogP contribution in [0, 0.1) is 6.92 Å². The molecule has 1 aliphatic rings. The van der Waals surface area contributed by atoms with Crippen LogP contribution in [0.3, 0.4) is 0 Å². The van der Waals surface area contributed by atoms with Crippen LogP contribution in [-0.2, 0) is 4.79 Å². The van der Waals surface area contributed by atoms with Gasteiger partial charge < -0.3 is 10.0 Å². The average Bonchev–Trinajstić information content (AvgIpc) is 3.12. The van der Waals surface area contributed by atoms with Crippen molar-refractivity contribution in [2.75, 3.05) is 13.1 Å². The Hall–Kier alpha value is -2.63. The number of carbonyl (C=O) groups excluding carboxylic acids is 1. The predicted octanol–water partition coefficient (Wildman–Crippen LogP) is 3.25. The number of carbonyl (C=O) groups is 2. The smallest absolute Gasteiger partial charge is 0.338 e. The van der Waals surface area contributed by atoms with E-state index < -0.39 is 5.97 Å². The number of rotatable bonds is 5. The zero-order chi connectivity index (χ0) is 18.7. The Bertz CT molecular complexity index is 791. The van der Waals surface area contributed by atoms with Crippen LogP contribution in [-0.4, -0.2) is 44.8 Å². The van der Waals surface area contributed by atoms with Crippen LogP contribution in [0.1, 0.15) is 59.6 Å². The van der Waals surface area contributed by atoms with E-state index in [0.29, 0.717) is 19.5 Å². The normalized spacial score (nSPS) is 16.5. The molecule has 0 bridgehead atoms. The summed E-state index contributed by atoms with van der Waals surface area (Å²) in [5, 5.41) is 13.2. The lowest BCUT2D eigenvalue weighted by atomic mass is 9.93. The maximum Gasteiger partial charge on any atom is 0.338 e. The van der Waals surface area contributed by atoms with E-state index in [9.17, 15) is 9.59 Å². The summed E-state index contributed by atoms with van der Waals surface area (Å²) < 4.78 is 1.72. The minimum absolute atomic E-state index is 0.154. The SMILES string of the molecule is Cc1ccccc1C(C)CC(=O)N1CCC(n2cc(C(=O)O)cn2)CC1. The molecular formula is C20H25N3O3. The van der Waals surface area contributed by atoms with Crippen molar-refractivity contribution in [1.29, 1.82) is 0 Å². The van der Waals surface area contributed by atoms with Gasteiger partial charge in [-0.1, -0.05) is 31.2 Å². The van der Waals surface area contributed by atoms with Crippen LogP contribution in [0.5, 0.6) is 0 Å². The molecule has 2 aromatic rings. The molecule has 6 nitrogen and oxygen atoms in total. The minimum atomic E-state index is -0.964. The second-order valence-corrected chi connectivity index (χ2v) is 7.09. The Morgan fingerprint density at radius 2 is 1.96 bits per heavy atom. The summed E-state index contributed by atoms with van der Waals surface area (Å²) in [6, 6.07) is 8.36. The van der Waals surface area contributed by atoms with Gasteiger partial charge in [0, 0.05) is 25.7 Å². The molecule has 1 unspecified atom stereocenters. The van der Waals surface area contributed by atoms with Crippen molar-refractivity contribution in [3.05, 3.63) is 53.3 Å². The molecular weight excluding hydrogens is 330 g/mol. The molecule has 1 saturated heterocycles. The van der Waals surface area contributed by atoms with Crippen molar-refractivity contribution in [3.8, 4) is 0 Å². The van der Waals surface area contributed by atoms with Gasteiger partial charge in [-0.3, -0.25) is 9.48 Å². The fraction of sp³-hybridized carbons (Fsp3) is 0.450. The highest BCUT2D eigenvalue weighted by molar-refractivity contribution is 5.86. The summed E-state index contributed by atoms with van der Waals surface area (Å²) in [5.41, 5.74) is 2.66. The number of hydrogen-bond donors (Lipinski definition) is 1. The van der Waals surface area contributed by atoms with E-state index in [2.05, 4.69) is 31.1 Å². The Morgan fingerprint density at radius 1 is 1.27 bits per heavy atom. The monoisotopic (exact) mass is 355 g/mol. The van der Waals surface area contributed by atoms with Crippen LogP contribution < -0.4 is 0 Å². The zero-order valence-electron chi connectivity index (χ0n) is 15.3. The summed E-state index contributed by atoms with van der Waals surface area (Å²) in [7, 11) is 0. The second-order valence-electron chi connectivity index (χ2n) is 7.09. The summed E-state index contributed by atoms with van der Waals surface area (Å²) in [4.78, 5) is 25.6. The summed E-state index contributed by atoms with van der Waals surface area (Å²) in [6.07, 6.45) is 5.06. The number of aromatic nitrogens is 2. The van der Waals surface area contributed by atoms with Crippen LogP contribution in [0.2, 0.25) is 0 Å². The van der Waals surface area contributed by atoms with Crippen molar-refractivity contribution in [2.45, 2.75) is 45.1 Å². The maximum atomic E-state index is 12.7. The third-order valence-electron chi connectivity index (χ3n) is 5.24. The first-order valence-corrected chi connectivity index (χ1v) is 9.06. The van der Waals surface area contributed by atoms with E-state index in [4.69, 9.17) is 5.11 Å². The van der Waals surface area contributed by atoms with Gasteiger partial charge in [0.2, 0.25) is 5.91 Å². The molecule has 1 atom stereocenters. The number of hydrogen-bond acceptors (Lipinski definition) is 3. The van der Waals surface area contributed by atoms with Gasteiger partial charge in [-0.2, -0.15) is 5.10 Å².